The van der Waals surface area contributed by atoms with Gasteiger partial charge in [-0.2, -0.15) is 0 Å². The van der Waals surface area contributed by atoms with Crippen molar-refractivity contribution < 1.29 is 23.0 Å². The molecule has 2 aromatic carbocycles. The highest BCUT2D eigenvalue weighted by molar-refractivity contribution is 9.10. The number of halogens is 6. The second-order valence-electron chi connectivity index (χ2n) is 6.20. The Bertz CT molecular complexity index is 804. The lowest BCUT2D eigenvalue weighted by molar-refractivity contribution is -0.274. The van der Waals surface area contributed by atoms with E-state index < -0.39 is 6.36 Å². The summed E-state index contributed by atoms with van der Waals surface area (Å²) in [7, 11) is 0. The highest BCUT2D eigenvalue weighted by Gasteiger charge is 2.32. The third-order valence-electron chi connectivity index (χ3n) is 4.41. The topological polar surface area (TPSA) is 70.8 Å². The van der Waals surface area contributed by atoms with Crippen LogP contribution in [-0.2, 0) is 0 Å². The summed E-state index contributed by atoms with van der Waals surface area (Å²) in [6.07, 6.45) is -4.74. The Balaban J connectivity index is 0.00000210. The number of nitrogens with one attached hydrogen (secondary N) is 1. The van der Waals surface area contributed by atoms with Crippen LogP contribution in [0.15, 0.2) is 40.9 Å². The van der Waals surface area contributed by atoms with Crippen LogP contribution in [0.1, 0.15) is 17.2 Å². The second kappa shape index (κ2) is 10.6. The summed E-state index contributed by atoms with van der Waals surface area (Å²) < 4.78 is 41.9. The van der Waals surface area contributed by atoms with Crippen LogP contribution >= 0.6 is 40.7 Å². The van der Waals surface area contributed by atoms with Gasteiger partial charge >= 0.3 is 6.36 Å². The van der Waals surface area contributed by atoms with Gasteiger partial charge in [0.15, 0.2) is 0 Å². The van der Waals surface area contributed by atoms with Gasteiger partial charge in [0.25, 0.3) is 0 Å². The molecular formula is C18H21BrCl2F3N3O2. The number of nitrogens with two attached hydrogens (primary N) is 1. The zero-order valence-corrected chi connectivity index (χ0v) is 18.3. The van der Waals surface area contributed by atoms with Crippen molar-refractivity contribution in [1.82, 2.24) is 10.2 Å². The minimum Gasteiger partial charge on any atom is -0.505 e. The summed E-state index contributed by atoms with van der Waals surface area (Å²) in [5, 5.41) is 13.8. The van der Waals surface area contributed by atoms with Gasteiger partial charge in [0, 0.05) is 36.2 Å². The van der Waals surface area contributed by atoms with Gasteiger partial charge in [-0.15, -0.1) is 38.0 Å². The number of phenols is 1. The molecule has 3 rings (SSSR count). The summed E-state index contributed by atoms with van der Waals surface area (Å²) in [4.78, 5) is 2.15. The van der Waals surface area contributed by atoms with E-state index in [4.69, 9.17) is 5.73 Å². The number of nitrogen functional groups attached to an aromatic ring is 1. The van der Waals surface area contributed by atoms with Gasteiger partial charge in [-0.1, -0.05) is 28.1 Å². The molecule has 1 atom stereocenters. The molecule has 0 aliphatic carbocycles. The average molecular weight is 519 g/mol. The number of hydrogen-bond acceptors (Lipinski definition) is 5. The van der Waals surface area contributed by atoms with Crippen LogP contribution in [0.3, 0.4) is 0 Å². The normalized spacial score (nSPS) is 15.7. The van der Waals surface area contributed by atoms with Crippen LogP contribution in [0, 0.1) is 0 Å². The van der Waals surface area contributed by atoms with Crippen molar-refractivity contribution in [3.8, 4) is 11.5 Å². The van der Waals surface area contributed by atoms with Gasteiger partial charge in [0.2, 0.25) is 0 Å². The zero-order chi connectivity index (χ0) is 19.6. The number of nitrogens with zero attached hydrogens (tertiary/aromatic N) is 1. The molecule has 5 nitrogen and oxygen atoms in total. The number of rotatable bonds is 4. The predicted molar refractivity (Wildman–Crippen MR) is 114 cm³/mol. The Hall–Kier alpha value is -1.39. The molecule has 0 amide bonds. The summed E-state index contributed by atoms with van der Waals surface area (Å²) in [5.74, 6) is -0.329. The fraction of sp³-hybridized carbons (Fsp3) is 0.333. The van der Waals surface area contributed by atoms with Crippen molar-refractivity contribution in [3.05, 3.63) is 52.0 Å². The number of alkyl halides is 3. The number of ether oxygens (including phenoxy) is 1. The molecule has 1 heterocycles. The average Bonchev–Trinajstić information content (AvgIpc) is 2.62. The quantitative estimate of drug-likeness (QED) is 0.411. The molecule has 162 valence electrons. The molecule has 0 spiro atoms. The first-order chi connectivity index (χ1) is 12.8. The lowest BCUT2D eigenvalue weighted by Gasteiger charge is -2.36. The molecule has 2 aromatic rings. The lowest BCUT2D eigenvalue weighted by atomic mass is 9.95. The van der Waals surface area contributed by atoms with E-state index in [1.54, 1.807) is 24.3 Å². The number of anilines is 1. The zero-order valence-electron chi connectivity index (χ0n) is 15.1. The first kappa shape index (κ1) is 25.6. The maximum atomic E-state index is 12.4. The number of benzene rings is 2. The molecule has 1 aliphatic rings. The van der Waals surface area contributed by atoms with Crippen LogP contribution in [-0.4, -0.2) is 42.5 Å². The van der Waals surface area contributed by atoms with E-state index in [1.165, 1.54) is 12.1 Å². The fourth-order valence-electron chi connectivity index (χ4n) is 3.21. The molecule has 1 fully saturated rings. The molecule has 11 heteroatoms. The van der Waals surface area contributed by atoms with E-state index in [2.05, 4.69) is 30.9 Å². The number of piperazine rings is 1. The largest absolute Gasteiger partial charge is 0.573 e. The molecular weight excluding hydrogens is 498 g/mol. The Labute approximate surface area is 187 Å². The fourth-order valence-corrected chi connectivity index (χ4v) is 3.75. The number of hydrogen-bond donors (Lipinski definition) is 3. The molecule has 0 aromatic heterocycles. The standard InChI is InChI=1S/C18H19BrF3N3O2.2ClH/c19-13-5-6-14(23)17(26)15(13)16(25-9-7-24-8-10-25)11-1-3-12(4-2-11)27-18(20,21)22;;/h1-6,16,24,26H,7-10,23H2;2*1H/t16-;;/m0../s1. The Morgan fingerprint density at radius 1 is 1.07 bits per heavy atom. The number of phenolic OH excluding ortho intramolecular Hbond substituents is 1. The number of aromatic hydroxyl groups is 1. The molecule has 0 saturated carbocycles. The molecule has 0 radical (unpaired) electrons. The van der Waals surface area contributed by atoms with Crippen molar-refractivity contribution in [2.75, 3.05) is 31.9 Å². The SMILES string of the molecule is Cl.Cl.Nc1ccc(Br)c([C@H](c2ccc(OC(F)(F)F)cc2)N2CCNCC2)c1O. The van der Waals surface area contributed by atoms with Crippen LogP contribution < -0.4 is 15.8 Å². The minimum atomic E-state index is -4.74. The van der Waals surface area contributed by atoms with Gasteiger partial charge in [0.05, 0.1) is 11.7 Å². The van der Waals surface area contributed by atoms with Gasteiger partial charge < -0.3 is 20.9 Å². The van der Waals surface area contributed by atoms with Crippen LogP contribution in [0.4, 0.5) is 18.9 Å². The molecule has 4 N–H and O–H groups in total. The molecule has 0 bridgehead atoms. The van der Waals surface area contributed by atoms with Crippen molar-refractivity contribution >= 4 is 46.4 Å². The highest BCUT2D eigenvalue weighted by Crippen LogP contribution is 2.42. The van der Waals surface area contributed by atoms with E-state index in [0.717, 1.165) is 18.7 Å². The van der Waals surface area contributed by atoms with Crippen molar-refractivity contribution in [3.63, 3.8) is 0 Å². The molecule has 1 aliphatic heterocycles. The minimum absolute atomic E-state index is 0. The molecule has 1 saturated heterocycles. The maximum Gasteiger partial charge on any atom is 0.573 e. The van der Waals surface area contributed by atoms with E-state index in [-0.39, 0.29) is 48.0 Å². The summed E-state index contributed by atoms with van der Waals surface area (Å²) >= 11 is 3.47. The van der Waals surface area contributed by atoms with Gasteiger partial charge in [-0.3, -0.25) is 4.90 Å². The molecule has 29 heavy (non-hydrogen) atoms. The lowest BCUT2D eigenvalue weighted by Crippen LogP contribution is -2.45. The Morgan fingerprint density at radius 2 is 1.66 bits per heavy atom. The smallest absolute Gasteiger partial charge is 0.505 e. The second-order valence-corrected chi connectivity index (χ2v) is 7.06. The maximum absolute atomic E-state index is 12.4. The predicted octanol–water partition coefficient (Wildman–Crippen LogP) is 4.47. The van der Waals surface area contributed by atoms with E-state index >= 15 is 0 Å². The summed E-state index contributed by atoms with van der Waals surface area (Å²) in [6.45, 7) is 2.97. The summed E-state index contributed by atoms with van der Waals surface area (Å²) in [5.41, 5.74) is 7.44. The van der Waals surface area contributed by atoms with Crippen molar-refractivity contribution in [2.24, 2.45) is 0 Å². The highest BCUT2D eigenvalue weighted by atomic mass is 79.9. The Kier molecular flexibility index (Phi) is 9.36. The van der Waals surface area contributed by atoms with Crippen molar-refractivity contribution in [1.29, 1.82) is 0 Å². The monoisotopic (exact) mass is 517 g/mol. The van der Waals surface area contributed by atoms with Crippen molar-refractivity contribution in [2.45, 2.75) is 12.4 Å². The van der Waals surface area contributed by atoms with Gasteiger partial charge in [-0.25, -0.2) is 0 Å². The first-order valence-electron chi connectivity index (χ1n) is 8.33. The van der Waals surface area contributed by atoms with Crippen LogP contribution in [0.2, 0.25) is 0 Å². The first-order valence-corrected chi connectivity index (χ1v) is 9.13. The van der Waals surface area contributed by atoms with Crippen LogP contribution in [0.5, 0.6) is 11.5 Å². The van der Waals surface area contributed by atoms with Gasteiger partial charge in [0.1, 0.15) is 11.5 Å². The van der Waals surface area contributed by atoms with E-state index in [9.17, 15) is 18.3 Å². The van der Waals surface area contributed by atoms with E-state index in [0.29, 0.717) is 23.1 Å². The van der Waals surface area contributed by atoms with Crippen LogP contribution in [0.25, 0.3) is 0 Å². The Morgan fingerprint density at radius 3 is 2.21 bits per heavy atom. The molecule has 0 unspecified atom stereocenters. The van der Waals surface area contributed by atoms with E-state index in [1.807, 2.05) is 0 Å². The third-order valence-corrected chi connectivity index (χ3v) is 5.11. The summed E-state index contributed by atoms with van der Waals surface area (Å²) in [6, 6.07) is 8.67. The third kappa shape index (κ3) is 6.29. The van der Waals surface area contributed by atoms with Gasteiger partial charge in [-0.05, 0) is 29.8 Å².